The Morgan fingerprint density at radius 1 is 1.19 bits per heavy atom. The maximum Gasteiger partial charge on any atom is 0.230 e. The van der Waals surface area contributed by atoms with Crippen molar-refractivity contribution in [1.29, 1.82) is 0 Å². The second-order valence-electron chi connectivity index (χ2n) is 5.19. The molecule has 3 heterocycles. The van der Waals surface area contributed by atoms with Crippen LogP contribution in [0.3, 0.4) is 0 Å². The summed E-state index contributed by atoms with van der Waals surface area (Å²) in [5, 5.41) is 3.19. The van der Waals surface area contributed by atoms with Crippen molar-refractivity contribution in [2.75, 3.05) is 29.9 Å². The zero-order valence-electron chi connectivity index (χ0n) is 12.5. The summed E-state index contributed by atoms with van der Waals surface area (Å²) in [6.45, 7) is 6.83. The van der Waals surface area contributed by atoms with Gasteiger partial charge >= 0.3 is 0 Å². The summed E-state index contributed by atoms with van der Waals surface area (Å²) in [7, 11) is 0. The van der Waals surface area contributed by atoms with E-state index in [0.717, 1.165) is 36.8 Å². The highest BCUT2D eigenvalue weighted by Crippen LogP contribution is 2.22. The molecule has 0 atom stereocenters. The van der Waals surface area contributed by atoms with Gasteiger partial charge in [0, 0.05) is 37.1 Å². The highest BCUT2D eigenvalue weighted by atomic mass is 15.3. The Morgan fingerprint density at radius 2 is 2.00 bits per heavy atom. The first-order chi connectivity index (χ1) is 10.3. The average Bonchev–Trinajstić information content (AvgIpc) is 3.01. The molecule has 110 valence electrons. The van der Waals surface area contributed by atoms with E-state index in [1.54, 1.807) is 6.20 Å². The lowest BCUT2D eigenvalue weighted by molar-refractivity contribution is 0.881. The number of nitrogens with one attached hydrogen (secondary N) is 1. The van der Waals surface area contributed by atoms with Crippen molar-refractivity contribution in [3.8, 4) is 11.4 Å². The van der Waals surface area contributed by atoms with Crippen molar-refractivity contribution in [2.24, 2.45) is 0 Å². The molecule has 0 radical (unpaired) electrons. The van der Waals surface area contributed by atoms with E-state index in [4.69, 9.17) is 0 Å². The Hall–Kier alpha value is -2.24. The summed E-state index contributed by atoms with van der Waals surface area (Å²) in [4.78, 5) is 20.1. The lowest BCUT2D eigenvalue weighted by atomic mass is 10.2. The van der Waals surface area contributed by atoms with Gasteiger partial charge in [-0.2, -0.15) is 15.0 Å². The first kappa shape index (κ1) is 13.7. The number of pyridine rings is 1. The second kappa shape index (κ2) is 6.03. The van der Waals surface area contributed by atoms with E-state index in [1.807, 2.05) is 26.0 Å². The molecule has 1 saturated heterocycles. The van der Waals surface area contributed by atoms with Crippen molar-refractivity contribution in [3.05, 3.63) is 24.0 Å². The Bertz CT molecular complexity index is 621. The molecule has 0 spiro atoms. The lowest BCUT2D eigenvalue weighted by Crippen LogP contribution is -2.22. The Morgan fingerprint density at radius 3 is 2.71 bits per heavy atom. The van der Waals surface area contributed by atoms with Gasteiger partial charge in [-0.3, -0.25) is 4.98 Å². The fourth-order valence-corrected chi connectivity index (χ4v) is 2.47. The van der Waals surface area contributed by atoms with Crippen LogP contribution in [0.25, 0.3) is 11.4 Å². The van der Waals surface area contributed by atoms with Crippen molar-refractivity contribution in [3.63, 3.8) is 0 Å². The molecule has 1 fully saturated rings. The van der Waals surface area contributed by atoms with Gasteiger partial charge in [0.05, 0.1) is 0 Å². The number of aryl methyl sites for hydroxylation is 1. The number of rotatable bonds is 4. The first-order valence-corrected chi connectivity index (χ1v) is 7.44. The van der Waals surface area contributed by atoms with Crippen LogP contribution < -0.4 is 10.2 Å². The number of hydrogen-bond acceptors (Lipinski definition) is 6. The topological polar surface area (TPSA) is 66.8 Å². The normalized spacial score (nSPS) is 14.5. The van der Waals surface area contributed by atoms with Crippen LogP contribution in [0.1, 0.15) is 25.5 Å². The van der Waals surface area contributed by atoms with E-state index in [1.165, 1.54) is 12.8 Å². The lowest BCUT2D eigenvalue weighted by Gasteiger charge is -2.16. The Labute approximate surface area is 124 Å². The summed E-state index contributed by atoms with van der Waals surface area (Å²) < 4.78 is 0. The van der Waals surface area contributed by atoms with Gasteiger partial charge in [0.1, 0.15) is 0 Å². The summed E-state index contributed by atoms with van der Waals surface area (Å²) >= 11 is 0. The molecule has 21 heavy (non-hydrogen) atoms. The molecule has 0 aliphatic carbocycles. The summed E-state index contributed by atoms with van der Waals surface area (Å²) in [6, 6.07) is 3.94. The first-order valence-electron chi connectivity index (χ1n) is 7.44. The monoisotopic (exact) mass is 284 g/mol. The second-order valence-corrected chi connectivity index (χ2v) is 5.19. The minimum absolute atomic E-state index is 0.638. The largest absolute Gasteiger partial charge is 0.354 e. The standard InChI is InChI=1S/C15H20N6/c1-3-16-14-18-13(12-6-7-17-11(2)10-12)19-15(20-14)21-8-4-5-9-21/h6-7,10H,3-5,8-9H2,1-2H3,(H,16,18,19,20). The minimum atomic E-state index is 0.638. The molecule has 6 heteroatoms. The summed E-state index contributed by atoms with van der Waals surface area (Å²) in [5.74, 6) is 2.11. The molecule has 1 aliphatic heterocycles. The minimum Gasteiger partial charge on any atom is -0.354 e. The average molecular weight is 284 g/mol. The van der Waals surface area contributed by atoms with Crippen LogP contribution in [0.2, 0.25) is 0 Å². The molecule has 1 N–H and O–H groups in total. The van der Waals surface area contributed by atoms with Gasteiger partial charge in [-0.05, 0) is 38.8 Å². The van der Waals surface area contributed by atoms with Crippen molar-refractivity contribution >= 4 is 11.9 Å². The molecule has 0 saturated carbocycles. The van der Waals surface area contributed by atoms with E-state index >= 15 is 0 Å². The van der Waals surface area contributed by atoms with Crippen LogP contribution in [0.5, 0.6) is 0 Å². The van der Waals surface area contributed by atoms with Crippen LogP contribution in [0.4, 0.5) is 11.9 Å². The Balaban J connectivity index is 2.02. The summed E-state index contributed by atoms with van der Waals surface area (Å²) in [5.41, 5.74) is 1.94. The van der Waals surface area contributed by atoms with Gasteiger partial charge in [0.2, 0.25) is 11.9 Å². The van der Waals surface area contributed by atoms with Gasteiger partial charge in [0.25, 0.3) is 0 Å². The van der Waals surface area contributed by atoms with E-state index in [2.05, 4.69) is 30.2 Å². The predicted octanol–water partition coefficient (Wildman–Crippen LogP) is 2.27. The summed E-state index contributed by atoms with van der Waals surface area (Å²) in [6.07, 6.45) is 4.19. The van der Waals surface area contributed by atoms with Crippen LogP contribution in [0, 0.1) is 6.92 Å². The third kappa shape index (κ3) is 3.09. The Kier molecular flexibility index (Phi) is 3.94. The van der Waals surface area contributed by atoms with Crippen LogP contribution in [0.15, 0.2) is 18.3 Å². The van der Waals surface area contributed by atoms with E-state index in [9.17, 15) is 0 Å². The molecule has 0 bridgehead atoms. The molecule has 0 aromatic carbocycles. The highest BCUT2D eigenvalue weighted by molar-refractivity contribution is 5.58. The number of hydrogen-bond donors (Lipinski definition) is 1. The predicted molar refractivity (Wildman–Crippen MR) is 83.4 cm³/mol. The fraction of sp³-hybridized carbons (Fsp3) is 0.467. The van der Waals surface area contributed by atoms with Gasteiger partial charge < -0.3 is 10.2 Å². The van der Waals surface area contributed by atoms with Gasteiger partial charge in [-0.15, -0.1) is 0 Å². The van der Waals surface area contributed by atoms with E-state index in [-0.39, 0.29) is 0 Å². The zero-order chi connectivity index (χ0) is 14.7. The molecule has 6 nitrogen and oxygen atoms in total. The highest BCUT2D eigenvalue weighted by Gasteiger charge is 2.17. The van der Waals surface area contributed by atoms with E-state index < -0.39 is 0 Å². The maximum absolute atomic E-state index is 4.64. The third-order valence-corrected chi connectivity index (χ3v) is 3.50. The molecule has 2 aromatic heterocycles. The molecular weight excluding hydrogens is 264 g/mol. The van der Waals surface area contributed by atoms with Crippen molar-refractivity contribution in [1.82, 2.24) is 19.9 Å². The van der Waals surface area contributed by atoms with Gasteiger partial charge in [-0.25, -0.2) is 0 Å². The zero-order valence-corrected chi connectivity index (χ0v) is 12.5. The van der Waals surface area contributed by atoms with Gasteiger partial charge in [-0.1, -0.05) is 0 Å². The maximum atomic E-state index is 4.64. The molecule has 3 rings (SSSR count). The number of nitrogens with zero attached hydrogens (tertiary/aromatic N) is 5. The van der Waals surface area contributed by atoms with Crippen LogP contribution >= 0.6 is 0 Å². The molecule has 0 amide bonds. The van der Waals surface area contributed by atoms with Crippen LogP contribution in [-0.2, 0) is 0 Å². The fourth-order valence-electron chi connectivity index (χ4n) is 2.47. The quantitative estimate of drug-likeness (QED) is 0.929. The molecule has 2 aromatic rings. The van der Waals surface area contributed by atoms with Crippen molar-refractivity contribution in [2.45, 2.75) is 26.7 Å². The molecular formula is C15H20N6. The molecule has 1 aliphatic rings. The van der Waals surface area contributed by atoms with Crippen LogP contribution in [-0.4, -0.2) is 39.6 Å². The molecule has 0 unspecified atom stereocenters. The number of anilines is 2. The van der Waals surface area contributed by atoms with E-state index in [0.29, 0.717) is 11.8 Å². The van der Waals surface area contributed by atoms with Gasteiger partial charge in [0.15, 0.2) is 5.82 Å². The third-order valence-electron chi connectivity index (χ3n) is 3.50. The SMILES string of the molecule is CCNc1nc(-c2ccnc(C)c2)nc(N2CCCC2)n1. The van der Waals surface area contributed by atoms with Crippen molar-refractivity contribution < 1.29 is 0 Å². The number of aromatic nitrogens is 4. The smallest absolute Gasteiger partial charge is 0.230 e.